The Hall–Kier alpha value is -2.47. The summed E-state index contributed by atoms with van der Waals surface area (Å²) in [5, 5.41) is 9.08. The molecule has 1 saturated heterocycles. The van der Waals surface area contributed by atoms with Gasteiger partial charge in [-0.05, 0) is 37.5 Å². The van der Waals surface area contributed by atoms with Gasteiger partial charge in [-0.15, -0.1) is 0 Å². The topological polar surface area (TPSA) is 64.9 Å². The summed E-state index contributed by atoms with van der Waals surface area (Å²) in [5.41, 5.74) is 4.14. The lowest BCUT2D eigenvalue weighted by atomic mass is 9.98. The number of aryl methyl sites for hydroxylation is 2. The number of nitrogens with one attached hydrogen (secondary N) is 1. The average molecular weight is 323 g/mol. The molecule has 124 valence electrons. The van der Waals surface area contributed by atoms with Gasteiger partial charge >= 0.3 is 0 Å². The molecule has 2 atom stereocenters. The molecule has 0 saturated carbocycles. The number of rotatable bonds is 3. The van der Waals surface area contributed by atoms with Crippen LogP contribution in [-0.2, 0) is 11.8 Å². The molecule has 1 N–H and O–H groups in total. The lowest BCUT2D eigenvalue weighted by Crippen LogP contribution is -2.30. The van der Waals surface area contributed by atoms with E-state index in [-0.39, 0.29) is 6.10 Å². The molecule has 0 aliphatic carbocycles. The summed E-state index contributed by atoms with van der Waals surface area (Å²) in [4.78, 5) is 8.78. The maximum Gasteiger partial charge on any atom is 0.159 e. The number of hydrogen-bond donors (Lipinski definition) is 1. The van der Waals surface area contributed by atoms with Gasteiger partial charge < -0.3 is 10.1 Å². The number of nitrogens with zero attached hydrogens (tertiary/aromatic N) is 4. The van der Waals surface area contributed by atoms with Crippen molar-refractivity contribution in [3.63, 3.8) is 0 Å². The Morgan fingerprint density at radius 2 is 2.25 bits per heavy atom. The van der Waals surface area contributed by atoms with Crippen molar-refractivity contribution >= 4 is 16.7 Å². The Labute approximate surface area is 140 Å². The zero-order valence-corrected chi connectivity index (χ0v) is 13.9. The van der Waals surface area contributed by atoms with E-state index in [2.05, 4.69) is 32.5 Å². The van der Waals surface area contributed by atoms with Crippen LogP contribution in [0.4, 0.5) is 5.69 Å². The second-order valence-corrected chi connectivity index (χ2v) is 6.33. The summed E-state index contributed by atoms with van der Waals surface area (Å²) >= 11 is 0. The van der Waals surface area contributed by atoms with Gasteiger partial charge in [0.2, 0.25) is 0 Å². The molecule has 6 heteroatoms. The van der Waals surface area contributed by atoms with Crippen LogP contribution in [0.1, 0.15) is 30.2 Å². The van der Waals surface area contributed by atoms with Gasteiger partial charge in [-0.1, -0.05) is 6.07 Å². The molecule has 0 amide bonds. The Bertz CT molecular complexity index is 845. The van der Waals surface area contributed by atoms with Crippen LogP contribution in [0.5, 0.6) is 0 Å². The van der Waals surface area contributed by atoms with E-state index in [0.717, 1.165) is 47.4 Å². The summed E-state index contributed by atoms with van der Waals surface area (Å²) in [6.07, 6.45) is 7.57. The Kier molecular flexibility index (Phi) is 3.90. The van der Waals surface area contributed by atoms with Crippen LogP contribution in [0.3, 0.4) is 0 Å². The third-order valence-corrected chi connectivity index (χ3v) is 4.53. The zero-order valence-electron chi connectivity index (χ0n) is 13.9. The minimum atomic E-state index is 0.0947. The van der Waals surface area contributed by atoms with Gasteiger partial charge in [-0.25, -0.2) is 4.98 Å². The van der Waals surface area contributed by atoms with Gasteiger partial charge in [0.1, 0.15) is 0 Å². The monoisotopic (exact) mass is 323 g/mol. The van der Waals surface area contributed by atoms with E-state index in [1.807, 2.05) is 37.1 Å². The highest BCUT2D eigenvalue weighted by atomic mass is 16.5. The summed E-state index contributed by atoms with van der Waals surface area (Å²) in [7, 11) is 1.92. The fourth-order valence-electron chi connectivity index (χ4n) is 3.31. The lowest BCUT2D eigenvalue weighted by molar-refractivity contribution is 0.00962. The number of fused-ring (bicyclic) bond motifs is 1. The van der Waals surface area contributed by atoms with Crippen LogP contribution >= 0.6 is 0 Å². The van der Waals surface area contributed by atoms with E-state index in [1.54, 1.807) is 6.20 Å². The largest absolute Gasteiger partial charge is 0.381 e. The highest BCUT2D eigenvalue weighted by molar-refractivity contribution is 5.89. The second kappa shape index (κ2) is 6.20. The molecule has 0 bridgehead atoms. The van der Waals surface area contributed by atoms with Crippen LogP contribution in [0.25, 0.3) is 11.0 Å². The maximum atomic E-state index is 5.94. The van der Waals surface area contributed by atoms with Gasteiger partial charge in [0.25, 0.3) is 0 Å². The molecule has 3 aromatic heterocycles. The molecule has 6 nitrogen and oxygen atoms in total. The summed E-state index contributed by atoms with van der Waals surface area (Å²) < 4.78 is 7.75. The van der Waals surface area contributed by atoms with E-state index >= 15 is 0 Å². The molecule has 4 rings (SSSR count). The van der Waals surface area contributed by atoms with E-state index in [0.29, 0.717) is 6.04 Å². The lowest BCUT2D eigenvalue weighted by Gasteiger charge is -2.31. The fourth-order valence-corrected chi connectivity index (χ4v) is 3.31. The summed E-state index contributed by atoms with van der Waals surface area (Å²) in [6, 6.07) is 6.49. The number of aromatic nitrogens is 4. The molecule has 0 radical (unpaired) electrons. The molecule has 1 aliphatic heterocycles. The highest BCUT2D eigenvalue weighted by Crippen LogP contribution is 2.31. The third kappa shape index (κ3) is 2.85. The molecule has 4 heterocycles. The van der Waals surface area contributed by atoms with Crippen LogP contribution < -0.4 is 5.32 Å². The Morgan fingerprint density at radius 3 is 3.08 bits per heavy atom. The minimum absolute atomic E-state index is 0.0947. The molecule has 0 spiro atoms. The van der Waals surface area contributed by atoms with Gasteiger partial charge in [-0.3, -0.25) is 9.67 Å². The van der Waals surface area contributed by atoms with E-state index in [1.165, 1.54) is 0 Å². The minimum Gasteiger partial charge on any atom is -0.381 e. The van der Waals surface area contributed by atoms with Gasteiger partial charge in [-0.2, -0.15) is 5.10 Å². The van der Waals surface area contributed by atoms with Crippen molar-refractivity contribution in [2.24, 2.45) is 7.05 Å². The van der Waals surface area contributed by atoms with Crippen LogP contribution in [0, 0.1) is 6.92 Å². The van der Waals surface area contributed by atoms with Crippen molar-refractivity contribution < 1.29 is 4.74 Å². The quantitative estimate of drug-likeness (QED) is 0.802. The van der Waals surface area contributed by atoms with E-state index in [4.69, 9.17) is 4.74 Å². The molecule has 24 heavy (non-hydrogen) atoms. The molecule has 1 fully saturated rings. The van der Waals surface area contributed by atoms with Gasteiger partial charge in [0.05, 0.1) is 17.7 Å². The van der Waals surface area contributed by atoms with Crippen LogP contribution in [0.15, 0.2) is 36.8 Å². The molecule has 0 aromatic carbocycles. The first-order chi connectivity index (χ1) is 11.7. The van der Waals surface area contributed by atoms with Gasteiger partial charge in [0.15, 0.2) is 5.65 Å². The number of anilines is 1. The molecular weight excluding hydrogens is 302 g/mol. The fraction of sp³-hybridized carbons (Fsp3) is 0.389. The number of ether oxygens (including phenoxy) is 1. The molecule has 0 unspecified atom stereocenters. The molecule has 3 aromatic rings. The first-order valence-corrected chi connectivity index (χ1v) is 8.28. The number of pyridine rings is 2. The van der Waals surface area contributed by atoms with Gasteiger partial charge in [0, 0.05) is 43.5 Å². The summed E-state index contributed by atoms with van der Waals surface area (Å²) in [6.45, 7) is 2.76. The third-order valence-electron chi connectivity index (χ3n) is 4.53. The average Bonchev–Trinajstić information content (AvgIpc) is 2.97. The van der Waals surface area contributed by atoms with E-state index in [9.17, 15) is 0 Å². The van der Waals surface area contributed by atoms with Crippen molar-refractivity contribution in [2.75, 3.05) is 11.9 Å². The first kappa shape index (κ1) is 15.1. The number of hydrogen-bond acceptors (Lipinski definition) is 5. The maximum absolute atomic E-state index is 5.94. The zero-order chi connectivity index (χ0) is 16.5. The van der Waals surface area contributed by atoms with Crippen molar-refractivity contribution in [1.29, 1.82) is 0 Å². The first-order valence-electron chi connectivity index (χ1n) is 8.28. The van der Waals surface area contributed by atoms with Crippen molar-refractivity contribution in [3.05, 3.63) is 48.0 Å². The predicted octanol–water partition coefficient (Wildman–Crippen LogP) is 3.00. The summed E-state index contributed by atoms with van der Waals surface area (Å²) in [5.74, 6) is 0. The Morgan fingerprint density at radius 1 is 1.33 bits per heavy atom. The van der Waals surface area contributed by atoms with Crippen LogP contribution in [-0.4, -0.2) is 32.4 Å². The second-order valence-electron chi connectivity index (χ2n) is 6.33. The SMILES string of the molecule is Cc1cc(N[C@@H]2CCO[C@@H](c3cccnc3)C2)c2cnn(C)c2n1. The molecular formula is C18H21N5O. The predicted molar refractivity (Wildman–Crippen MR) is 92.8 cm³/mol. The van der Waals surface area contributed by atoms with E-state index < -0.39 is 0 Å². The normalized spacial score (nSPS) is 21.1. The highest BCUT2D eigenvalue weighted by Gasteiger charge is 2.24. The Balaban J connectivity index is 1.57. The van der Waals surface area contributed by atoms with Crippen molar-refractivity contribution in [1.82, 2.24) is 19.7 Å². The molecule has 1 aliphatic rings. The van der Waals surface area contributed by atoms with Crippen molar-refractivity contribution in [3.8, 4) is 0 Å². The van der Waals surface area contributed by atoms with Crippen LogP contribution in [0.2, 0.25) is 0 Å². The smallest absolute Gasteiger partial charge is 0.159 e. The standard InChI is InChI=1S/C18H21N5O/c1-12-8-16(15-11-20-23(2)18(15)21-12)22-14-5-7-24-17(9-14)13-4-3-6-19-10-13/h3-4,6,8,10-11,14,17H,5,7,9H2,1-2H3,(H,21,22)/t14-,17-/m1/s1. The van der Waals surface area contributed by atoms with Crippen molar-refractivity contribution in [2.45, 2.75) is 31.9 Å².